The van der Waals surface area contributed by atoms with Gasteiger partial charge in [-0.05, 0) is 34.6 Å². The molecule has 72 valence electrons. The highest BCUT2D eigenvalue weighted by Crippen LogP contribution is 2.12. The first-order chi connectivity index (χ1) is 5.19. The predicted octanol–water partition coefficient (Wildman–Crippen LogP) is 2.12. The molecule has 0 aromatic rings. The van der Waals surface area contributed by atoms with E-state index in [-0.39, 0.29) is 11.3 Å². The van der Waals surface area contributed by atoms with Gasteiger partial charge < -0.3 is 5.32 Å². The van der Waals surface area contributed by atoms with Crippen molar-refractivity contribution in [2.75, 3.05) is 5.33 Å². The van der Waals surface area contributed by atoms with Gasteiger partial charge in [0.25, 0.3) is 0 Å². The number of nitrogens with one attached hydrogen (secondary N) is 1. The third kappa shape index (κ3) is 4.21. The van der Waals surface area contributed by atoms with Crippen LogP contribution in [0.2, 0.25) is 0 Å². The van der Waals surface area contributed by atoms with Crippen molar-refractivity contribution in [1.82, 2.24) is 5.32 Å². The highest BCUT2D eigenvalue weighted by molar-refractivity contribution is 9.09. The van der Waals surface area contributed by atoms with Crippen LogP contribution < -0.4 is 5.32 Å². The molecule has 0 aliphatic heterocycles. The van der Waals surface area contributed by atoms with Crippen molar-refractivity contribution in [2.45, 2.75) is 45.7 Å². The highest BCUT2D eigenvalue weighted by Gasteiger charge is 2.29. The normalized spacial score (nSPS) is 13.2. The number of carbonyl (C=O) groups excluding carboxylic acids is 1. The van der Waals surface area contributed by atoms with Crippen molar-refractivity contribution in [2.24, 2.45) is 0 Å². The van der Waals surface area contributed by atoms with Crippen LogP contribution in [0.5, 0.6) is 0 Å². The van der Waals surface area contributed by atoms with E-state index in [0.29, 0.717) is 5.33 Å². The molecule has 0 saturated carbocycles. The molecular weight excluding hydrogens is 218 g/mol. The van der Waals surface area contributed by atoms with Gasteiger partial charge in [-0.1, -0.05) is 15.9 Å². The summed E-state index contributed by atoms with van der Waals surface area (Å²) in [5.41, 5.74) is -0.469. The number of halogens is 1. The van der Waals surface area contributed by atoms with Crippen LogP contribution in [-0.2, 0) is 4.79 Å². The second-order valence-electron chi connectivity index (χ2n) is 4.56. The molecule has 0 spiro atoms. The molecule has 0 amide bonds. The molecule has 0 atom stereocenters. The van der Waals surface area contributed by atoms with Crippen LogP contribution >= 0.6 is 15.9 Å². The Morgan fingerprint density at radius 3 is 1.92 bits per heavy atom. The zero-order valence-corrected chi connectivity index (χ0v) is 10.1. The summed E-state index contributed by atoms with van der Waals surface area (Å²) in [6, 6.07) is 0. The Kier molecular flexibility index (Phi) is 3.91. The average Bonchev–Trinajstić information content (AvgIpc) is 1.80. The zero-order chi connectivity index (χ0) is 9.99. The number of hydrogen-bond acceptors (Lipinski definition) is 2. The number of Topliss-reactive ketones (excluding diaryl/α,β-unsaturated/α-hetero) is 1. The minimum atomic E-state index is -0.443. The van der Waals surface area contributed by atoms with E-state index in [1.165, 1.54) is 0 Å². The van der Waals surface area contributed by atoms with Crippen LogP contribution in [0.15, 0.2) is 0 Å². The van der Waals surface area contributed by atoms with Gasteiger partial charge in [-0.3, -0.25) is 4.79 Å². The molecule has 3 heteroatoms. The Bertz CT molecular complexity index is 170. The van der Waals surface area contributed by atoms with Crippen molar-refractivity contribution < 1.29 is 4.79 Å². The summed E-state index contributed by atoms with van der Waals surface area (Å²) in [5.74, 6) is 0.178. The van der Waals surface area contributed by atoms with Crippen LogP contribution in [0.3, 0.4) is 0 Å². The minimum Gasteiger partial charge on any atom is -0.301 e. The Balaban J connectivity index is 4.32. The molecule has 0 radical (unpaired) electrons. The molecule has 0 aliphatic rings. The van der Waals surface area contributed by atoms with Crippen molar-refractivity contribution in [3.8, 4) is 0 Å². The fourth-order valence-electron chi connectivity index (χ4n) is 1.17. The monoisotopic (exact) mass is 235 g/mol. The Morgan fingerprint density at radius 2 is 1.67 bits per heavy atom. The fraction of sp³-hybridized carbons (Fsp3) is 0.889. The highest BCUT2D eigenvalue weighted by atomic mass is 79.9. The van der Waals surface area contributed by atoms with Crippen molar-refractivity contribution in [1.29, 1.82) is 0 Å². The first-order valence-electron chi connectivity index (χ1n) is 4.07. The van der Waals surface area contributed by atoms with Crippen LogP contribution in [0, 0.1) is 0 Å². The van der Waals surface area contributed by atoms with Gasteiger partial charge in [-0.15, -0.1) is 0 Å². The van der Waals surface area contributed by atoms with Gasteiger partial charge in [0.1, 0.15) is 0 Å². The van der Waals surface area contributed by atoms with Gasteiger partial charge in [0.15, 0.2) is 5.78 Å². The molecule has 0 fully saturated rings. The van der Waals surface area contributed by atoms with Crippen molar-refractivity contribution >= 4 is 21.7 Å². The summed E-state index contributed by atoms with van der Waals surface area (Å²) in [6.45, 7) is 9.96. The van der Waals surface area contributed by atoms with Crippen LogP contribution in [0.4, 0.5) is 0 Å². The van der Waals surface area contributed by atoms with E-state index in [4.69, 9.17) is 0 Å². The molecule has 0 aromatic carbocycles. The summed E-state index contributed by atoms with van der Waals surface area (Å²) in [7, 11) is 0. The SMILES string of the molecule is CC(C)(C)NC(C)(C)C(=O)CBr. The largest absolute Gasteiger partial charge is 0.301 e. The molecule has 0 saturated heterocycles. The number of hydrogen-bond donors (Lipinski definition) is 1. The molecule has 0 aliphatic carbocycles. The van der Waals surface area contributed by atoms with Crippen molar-refractivity contribution in [3.63, 3.8) is 0 Å². The Morgan fingerprint density at radius 1 is 1.25 bits per heavy atom. The number of ketones is 1. The summed E-state index contributed by atoms with van der Waals surface area (Å²) in [4.78, 5) is 11.4. The van der Waals surface area contributed by atoms with Crippen molar-refractivity contribution in [3.05, 3.63) is 0 Å². The lowest BCUT2D eigenvalue weighted by atomic mass is 9.95. The third-order valence-corrected chi connectivity index (χ3v) is 2.02. The molecular formula is C9H18BrNO. The van der Waals surface area contributed by atoms with E-state index in [1.807, 2.05) is 13.8 Å². The number of rotatable bonds is 3. The maximum absolute atomic E-state index is 11.4. The van der Waals surface area contributed by atoms with E-state index in [2.05, 4.69) is 42.0 Å². The lowest BCUT2D eigenvalue weighted by Gasteiger charge is -2.33. The fourth-order valence-corrected chi connectivity index (χ4v) is 1.88. The first-order valence-corrected chi connectivity index (χ1v) is 5.20. The second-order valence-corrected chi connectivity index (χ2v) is 5.12. The smallest absolute Gasteiger partial charge is 0.162 e. The van der Waals surface area contributed by atoms with Gasteiger partial charge >= 0.3 is 0 Å². The minimum absolute atomic E-state index is 0.0265. The Labute approximate surface area is 83.2 Å². The van der Waals surface area contributed by atoms with Gasteiger partial charge in [0.05, 0.1) is 10.9 Å². The summed E-state index contributed by atoms with van der Waals surface area (Å²) in [5, 5.41) is 3.67. The standard InChI is InChI=1S/C9H18BrNO/c1-8(2,3)11-9(4,5)7(12)6-10/h11H,6H2,1-5H3. The van der Waals surface area contributed by atoms with Gasteiger partial charge in [0, 0.05) is 5.54 Å². The van der Waals surface area contributed by atoms with E-state index in [0.717, 1.165) is 0 Å². The first kappa shape index (κ1) is 12.1. The maximum Gasteiger partial charge on any atom is 0.162 e. The molecule has 0 bridgehead atoms. The van der Waals surface area contributed by atoms with E-state index in [1.54, 1.807) is 0 Å². The maximum atomic E-state index is 11.4. The second kappa shape index (κ2) is 3.88. The molecule has 2 nitrogen and oxygen atoms in total. The lowest BCUT2D eigenvalue weighted by Crippen LogP contribution is -2.55. The van der Waals surface area contributed by atoms with Gasteiger partial charge in [-0.2, -0.15) is 0 Å². The third-order valence-electron chi connectivity index (χ3n) is 1.51. The average molecular weight is 236 g/mol. The van der Waals surface area contributed by atoms with Crippen LogP contribution in [-0.4, -0.2) is 22.2 Å². The van der Waals surface area contributed by atoms with Gasteiger partial charge in [0.2, 0.25) is 0 Å². The lowest BCUT2D eigenvalue weighted by molar-refractivity contribution is -0.122. The summed E-state index contributed by atoms with van der Waals surface area (Å²) >= 11 is 3.17. The number of carbonyl (C=O) groups is 1. The molecule has 0 unspecified atom stereocenters. The zero-order valence-electron chi connectivity index (χ0n) is 8.49. The molecule has 12 heavy (non-hydrogen) atoms. The van der Waals surface area contributed by atoms with Gasteiger partial charge in [-0.25, -0.2) is 0 Å². The molecule has 0 aromatic heterocycles. The summed E-state index contributed by atoms with van der Waals surface area (Å²) < 4.78 is 0. The van der Waals surface area contributed by atoms with E-state index in [9.17, 15) is 4.79 Å². The molecule has 0 rings (SSSR count). The van der Waals surface area contributed by atoms with Crippen LogP contribution in [0.25, 0.3) is 0 Å². The topological polar surface area (TPSA) is 29.1 Å². The van der Waals surface area contributed by atoms with E-state index < -0.39 is 5.54 Å². The Hall–Kier alpha value is 0.110. The van der Waals surface area contributed by atoms with Crippen LogP contribution in [0.1, 0.15) is 34.6 Å². The number of alkyl halides is 1. The quantitative estimate of drug-likeness (QED) is 0.760. The molecule has 1 N–H and O–H groups in total. The molecule has 0 heterocycles. The van der Waals surface area contributed by atoms with E-state index >= 15 is 0 Å². The summed E-state index contributed by atoms with van der Waals surface area (Å²) in [6.07, 6.45) is 0. The predicted molar refractivity (Wildman–Crippen MR) is 55.8 cm³/mol.